The Morgan fingerprint density at radius 1 is 1.14 bits per heavy atom. The van der Waals surface area contributed by atoms with E-state index in [1.54, 1.807) is 41.5 Å². The van der Waals surface area contributed by atoms with Gasteiger partial charge in [0, 0.05) is 10.5 Å². The molecule has 0 aliphatic carbocycles. The van der Waals surface area contributed by atoms with Gasteiger partial charge in [-0.2, -0.15) is 0 Å². The zero-order chi connectivity index (χ0) is 31.4. The number of rotatable bonds is 10. The van der Waals surface area contributed by atoms with Crippen molar-refractivity contribution in [2.45, 2.75) is 17.9 Å². The average molecular weight is 743 g/mol. The van der Waals surface area contributed by atoms with Gasteiger partial charge in [0.25, 0.3) is 5.56 Å². The Kier molecular flexibility index (Phi) is 9.91. The predicted octanol–water partition coefficient (Wildman–Crippen LogP) is 4.73. The molecule has 1 atom stereocenters. The largest absolute Gasteiger partial charge is 0.493 e. The lowest BCUT2D eigenvalue weighted by Crippen LogP contribution is -2.40. The van der Waals surface area contributed by atoms with Crippen LogP contribution in [0.2, 0.25) is 0 Å². The number of hydrogen-bond donors (Lipinski definition) is 1. The van der Waals surface area contributed by atoms with Crippen molar-refractivity contribution in [2.75, 3.05) is 26.6 Å². The van der Waals surface area contributed by atoms with Crippen molar-refractivity contribution < 1.29 is 28.9 Å². The number of esters is 1. The number of carboxylic acid groups (broad SMARTS) is 1. The van der Waals surface area contributed by atoms with Crippen LogP contribution in [0, 0.1) is 3.57 Å². The molecule has 0 fully saturated rings. The number of thiazole rings is 1. The first kappa shape index (κ1) is 31.5. The number of fused-ring (bicyclic) bond motifs is 1. The zero-order valence-electron chi connectivity index (χ0n) is 23.9. The summed E-state index contributed by atoms with van der Waals surface area (Å²) in [6, 6.07) is 19.8. The standard InChI is InChI=1S/C32H27IN2O7S2/c1-4-41-31(39)26-27(19-8-6-5-7-9-19)34-32-35(28(26)20-10-12-21(43-3)13-11-20)30(38)24(44-32)16-18-14-22(33)29(23(15-18)40-2)42-17-25(36)37/h5-16,28H,4,17H2,1-3H3,(H,36,37)/b24-16-/t28-/m1/s1. The summed E-state index contributed by atoms with van der Waals surface area (Å²) < 4.78 is 19.0. The summed E-state index contributed by atoms with van der Waals surface area (Å²) >= 11 is 4.85. The van der Waals surface area contributed by atoms with E-state index in [1.807, 2.05) is 83.4 Å². The highest BCUT2D eigenvalue weighted by molar-refractivity contribution is 14.1. The maximum atomic E-state index is 14.2. The molecule has 0 saturated heterocycles. The van der Waals surface area contributed by atoms with E-state index in [1.165, 1.54) is 18.4 Å². The fourth-order valence-electron chi connectivity index (χ4n) is 4.79. The molecule has 0 saturated carbocycles. The van der Waals surface area contributed by atoms with Gasteiger partial charge in [0.2, 0.25) is 0 Å². The monoisotopic (exact) mass is 742 g/mol. The number of benzene rings is 3. The lowest BCUT2D eigenvalue weighted by atomic mass is 9.93. The van der Waals surface area contributed by atoms with Gasteiger partial charge in [-0.25, -0.2) is 14.6 Å². The molecule has 0 amide bonds. The zero-order valence-corrected chi connectivity index (χ0v) is 27.7. The maximum absolute atomic E-state index is 14.2. The number of aliphatic carboxylic acids is 1. The molecule has 4 aromatic rings. The smallest absolute Gasteiger partial charge is 0.341 e. The van der Waals surface area contributed by atoms with Crippen LogP contribution in [-0.4, -0.2) is 48.2 Å². The van der Waals surface area contributed by atoms with Gasteiger partial charge in [-0.05, 0) is 77.2 Å². The highest BCUT2D eigenvalue weighted by Crippen LogP contribution is 2.36. The van der Waals surface area contributed by atoms with Gasteiger partial charge in [0.15, 0.2) is 22.9 Å². The van der Waals surface area contributed by atoms with Crippen molar-refractivity contribution in [3.63, 3.8) is 0 Å². The third-order valence-corrected chi connectivity index (χ3v) is 9.22. The molecule has 3 aromatic carbocycles. The Labute approximate surface area is 274 Å². The molecule has 5 rings (SSSR count). The Bertz CT molecular complexity index is 1930. The summed E-state index contributed by atoms with van der Waals surface area (Å²) in [5, 5.41) is 9.04. The molecule has 1 aromatic heterocycles. The number of aromatic nitrogens is 1. The van der Waals surface area contributed by atoms with Crippen molar-refractivity contribution in [1.29, 1.82) is 0 Å². The summed E-state index contributed by atoms with van der Waals surface area (Å²) in [4.78, 5) is 45.2. The van der Waals surface area contributed by atoms with Crippen LogP contribution >= 0.6 is 45.7 Å². The molecule has 226 valence electrons. The van der Waals surface area contributed by atoms with Crippen molar-refractivity contribution in [1.82, 2.24) is 4.57 Å². The fraction of sp³-hybridized carbons (Fsp3) is 0.188. The molecule has 1 aliphatic rings. The second-order valence-corrected chi connectivity index (χ2v) is 12.5. The van der Waals surface area contributed by atoms with E-state index in [0.717, 1.165) is 16.0 Å². The number of carbonyl (C=O) groups excluding carboxylic acids is 1. The lowest BCUT2D eigenvalue weighted by molar-refractivity contribution is -0.140. The first-order valence-electron chi connectivity index (χ1n) is 13.4. The number of methoxy groups -OCH3 is 1. The average Bonchev–Trinajstić information content (AvgIpc) is 3.33. The lowest BCUT2D eigenvalue weighted by Gasteiger charge is -2.26. The Morgan fingerprint density at radius 2 is 1.86 bits per heavy atom. The Morgan fingerprint density at radius 3 is 2.50 bits per heavy atom. The van der Waals surface area contributed by atoms with Crippen LogP contribution in [0.5, 0.6) is 11.5 Å². The highest BCUT2D eigenvalue weighted by Gasteiger charge is 2.35. The molecule has 44 heavy (non-hydrogen) atoms. The van der Waals surface area contributed by atoms with Gasteiger partial charge in [0.1, 0.15) is 0 Å². The van der Waals surface area contributed by atoms with E-state index in [9.17, 15) is 14.4 Å². The van der Waals surface area contributed by atoms with E-state index in [2.05, 4.69) is 0 Å². The van der Waals surface area contributed by atoms with Gasteiger partial charge in [-0.3, -0.25) is 9.36 Å². The molecule has 0 unspecified atom stereocenters. The van der Waals surface area contributed by atoms with Crippen molar-refractivity contribution in [3.8, 4) is 11.5 Å². The maximum Gasteiger partial charge on any atom is 0.341 e. The van der Waals surface area contributed by atoms with Crippen LogP contribution in [0.3, 0.4) is 0 Å². The molecule has 12 heteroatoms. The minimum Gasteiger partial charge on any atom is -0.493 e. The minimum atomic E-state index is -1.11. The first-order valence-corrected chi connectivity index (χ1v) is 16.5. The number of carbonyl (C=O) groups is 2. The predicted molar refractivity (Wildman–Crippen MR) is 178 cm³/mol. The number of carboxylic acids is 1. The molecular formula is C32H27IN2O7S2. The van der Waals surface area contributed by atoms with E-state index >= 15 is 0 Å². The summed E-state index contributed by atoms with van der Waals surface area (Å²) in [6.07, 6.45) is 3.70. The molecule has 2 heterocycles. The van der Waals surface area contributed by atoms with Crippen LogP contribution in [-0.2, 0) is 14.3 Å². The molecule has 0 bridgehead atoms. The van der Waals surface area contributed by atoms with Crippen LogP contribution in [0.15, 0.2) is 87.0 Å². The fourth-order valence-corrected chi connectivity index (χ4v) is 6.98. The minimum absolute atomic E-state index is 0.166. The molecule has 1 N–H and O–H groups in total. The SMILES string of the molecule is CCOC(=O)C1=C(c2ccccc2)N=c2s/c(=C\c3cc(I)c(OCC(=O)O)c(OC)c3)c(=O)n2[C@@H]1c1ccc(SC)cc1. The van der Waals surface area contributed by atoms with Crippen LogP contribution < -0.4 is 24.4 Å². The van der Waals surface area contributed by atoms with E-state index in [-0.39, 0.29) is 17.7 Å². The third kappa shape index (κ3) is 6.47. The second kappa shape index (κ2) is 13.8. The first-order chi connectivity index (χ1) is 21.2. The summed E-state index contributed by atoms with van der Waals surface area (Å²) in [7, 11) is 1.46. The molecule has 0 spiro atoms. The van der Waals surface area contributed by atoms with E-state index in [4.69, 9.17) is 24.3 Å². The number of hydrogen-bond acceptors (Lipinski definition) is 9. The van der Waals surface area contributed by atoms with Gasteiger partial charge in [0.05, 0.1) is 39.1 Å². The number of nitrogens with zero attached hydrogens (tertiary/aromatic N) is 2. The topological polar surface area (TPSA) is 116 Å². The highest BCUT2D eigenvalue weighted by atomic mass is 127. The summed E-state index contributed by atoms with van der Waals surface area (Å²) in [6.45, 7) is 1.39. The van der Waals surface area contributed by atoms with Gasteiger partial charge in [-0.1, -0.05) is 53.8 Å². The van der Waals surface area contributed by atoms with Crippen molar-refractivity contribution >= 4 is 69.4 Å². The van der Waals surface area contributed by atoms with Gasteiger partial charge < -0.3 is 19.3 Å². The number of ether oxygens (including phenoxy) is 3. The second-order valence-electron chi connectivity index (χ2n) is 9.42. The number of halogens is 1. The van der Waals surface area contributed by atoms with Crippen LogP contribution in [0.25, 0.3) is 11.8 Å². The Hall–Kier alpha value is -3.88. The number of thioether (sulfide) groups is 1. The molecule has 0 radical (unpaired) electrons. The van der Waals surface area contributed by atoms with Crippen molar-refractivity contribution in [3.05, 3.63) is 112 Å². The van der Waals surface area contributed by atoms with E-state index in [0.29, 0.717) is 35.7 Å². The molecule has 9 nitrogen and oxygen atoms in total. The van der Waals surface area contributed by atoms with Crippen LogP contribution in [0.4, 0.5) is 0 Å². The molecular weight excluding hydrogens is 715 g/mol. The summed E-state index contributed by atoms with van der Waals surface area (Å²) in [5.74, 6) is -1.02. The van der Waals surface area contributed by atoms with Crippen molar-refractivity contribution in [2.24, 2.45) is 4.99 Å². The quantitative estimate of drug-likeness (QED) is 0.141. The van der Waals surface area contributed by atoms with Gasteiger partial charge in [-0.15, -0.1) is 11.8 Å². The van der Waals surface area contributed by atoms with E-state index < -0.39 is 24.6 Å². The van der Waals surface area contributed by atoms with Crippen LogP contribution in [0.1, 0.15) is 29.7 Å². The van der Waals surface area contributed by atoms with Gasteiger partial charge >= 0.3 is 11.9 Å². The molecule has 1 aliphatic heterocycles. The third-order valence-electron chi connectivity index (χ3n) is 6.69. The normalized spacial score (nSPS) is 14.5. The summed E-state index contributed by atoms with van der Waals surface area (Å²) in [5.41, 5.74) is 2.54. The Balaban J connectivity index is 1.75.